The molecule has 0 aliphatic heterocycles. The lowest BCUT2D eigenvalue weighted by atomic mass is 10.1. The molecule has 0 radical (unpaired) electrons. The predicted octanol–water partition coefficient (Wildman–Crippen LogP) is 5.16. The van der Waals surface area contributed by atoms with Crippen molar-refractivity contribution in [3.05, 3.63) is 85.0 Å². The van der Waals surface area contributed by atoms with E-state index in [9.17, 15) is 35.9 Å². The number of benzene rings is 2. The van der Waals surface area contributed by atoms with E-state index in [1.165, 1.54) is 18.7 Å². The average molecular weight is 547 g/mol. The number of imidazole rings is 1. The highest BCUT2D eigenvalue weighted by atomic mass is 35.5. The quantitative estimate of drug-likeness (QED) is 0.324. The number of rotatable bonds is 5. The van der Waals surface area contributed by atoms with Crippen LogP contribution in [0.2, 0.25) is 5.02 Å². The predicted molar refractivity (Wildman–Crippen MR) is 122 cm³/mol. The van der Waals surface area contributed by atoms with Gasteiger partial charge in [0.1, 0.15) is 5.75 Å². The van der Waals surface area contributed by atoms with E-state index < -0.39 is 46.5 Å². The third-order valence-electron chi connectivity index (χ3n) is 5.62. The van der Waals surface area contributed by atoms with Crippen LogP contribution in [0.25, 0.3) is 11.2 Å². The van der Waals surface area contributed by atoms with Gasteiger partial charge in [0, 0.05) is 25.7 Å². The van der Waals surface area contributed by atoms with Crippen LogP contribution in [-0.4, -0.2) is 18.7 Å². The van der Waals surface area contributed by atoms with Gasteiger partial charge in [0.2, 0.25) is 0 Å². The van der Waals surface area contributed by atoms with Crippen molar-refractivity contribution in [2.45, 2.75) is 25.3 Å². The maximum absolute atomic E-state index is 13.3. The first-order valence-corrected chi connectivity index (χ1v) is 10.9. The molecule has 0 atom stereocenters. The molecule has 0 spiro atoms. The summed E-state index contributed by atoms with van der Waals surface area (Å²) >= 11 is 5.89. The Morgan fingerprint density at radius 2 is 1.46 bits per heavy atom. The van der Waals surface area contributed by atoms with Gasteiger partial charge in [0.05, 0.1) is 11.1 Å². The van der Waals surface area contributed by atoms with E-state index >= 15 is 0 Å². The van der Waals surface area contributed by atoms with Gasteiger partial charge in [-0.2, -0.15) is 31.3 Å². The van der Waals surface area contributed by atoms with Gasteiger partial charge >= 0.3 is 24.1 Å². The second-order valence-corrected chi connectivity index (χ2v) is 8.58. The van der Waals surface area contributed by atoms with Crippen LogP contribution >= 0.6 is 11.6 Å². The summed E-state index contributed by atoms with van der Waals surface area (Å²) in [5.41, 5.74) is -4.16. The van der Waals surface area contributed by atoms with Crippen LogP contribution in [-0.2, 0) is 39.4 Å². The molecule has 0 amide bonds. The molecular formula is C23H17ClF6N4O3. The fraction of sp³-hybridized carbons (Fsp3) is 0.261. The van der Waals surface area contributed by atoms with E-state index in [4.69, 9.17) is 16.3 Å². The van der Waals surface area contributed by atoms with Gasteiger partial charge in [-0.3, -0.25) is 18.5 Å². The first kappa shape index (κ1) is 26.3. The molecule has 2 aromatic carbocycles. The third kappa shape index (κ3) is 5.22. The summed E-state index contributed by atoms with van der Waals surface area (Å²) < 4.78 is 88.4. The van der Waals surface area contributed by atoms with Crippen molar-refractivity contribution in [2.75, 3.05) is 0 Å². The topological polar surface area (TPSA) is 71.1 Å². The molecule has 4 rings (SSSR count). The van der Waals surface area contributed by atoms with Crippen molar-refractivity contribution in [1.82, 2.24) is 18.7 Å². The van der Waals surface area contributed by atoms with Crippen molar-refractivity contribution in [1.29, 1.82) is 0 Å². The summed E-state index contributed by atoms with van der Waals surface area (Å²) in [6.07, 6.45) is -9.91. The smallest absolute Gasteiger partial charge is 0.416 e. The number of hydrogen-bond donors (Lipinski definition) is 0. The maximum Gasteiger partial charge on any atom is 0.416 e. The zero-order chi connectivity index (χ0) is 27.3. The second kappa shape index (κ2) is 9.29. The van der Waals surface area contributed by atoms with Crippen LogP contribution in [0.1, 0.15) is 16.7 Å². The van der Waals surface area contributed by atoms with E-state index in [0.717, 1.165) is 14.7 Å². The molecule has 0 saturated heterocycles. The van der Waals surface area contributed by atoms with Crippen LogP contribution in [0.3, 0.4) is 0 Å². The Hall–Kier alpha value is -3.74. The number of alkyl halides is 6. The van der Waals surface area contributed by atoms with Crippen LogP contribution in [0.4, 0.5) is 26.3 Å². The largest absolute Gasteiger partial charge is 0.425 e. The zero-order valence-electron chi connectivity index (χ0n) is 19.1. The zero-order valence-corrected chi connectivity index (χ0v) is 19.9. The number of fused-ring (bicyclic) bond motifs is 1. The van der Waals surface area contributed by atoms with E-state index in [1.807, 2.05) is 0 Å². The molecule has 196 valence electrons. The highest BCUT2D eigenvalue weighted by Crippen LogP contribution is 2.39. The van der Waals surface area contributed by atoms with Crippen LogP contribution in [0.5, 0.6) is 11.8 Å². The Kier molecular flexibility index (Phi) is 6.61. The Bertz CT molecular complexity index is 1570. The highest BCUT2D eigenvalue weighted by Gasteiger charge is 2.37. The van der Waals surface area contributed by atoms with E-state index in [0.29, 0.717) is 17.2 Å². The van der Waals surface area contributed by atoms with Crippen LogP contribution in [0, 0.1) is 0 Å². The Morgan fingerprint density at radius 3 is 2.00 bits per heavy atom. The fourth-order valence-electron chi connectivity index (χ4n) is 3.69. The van der Waals surface area contributed by atoms with E-state index in [2.05, 4.69) is 4.98 Å². The summed E-state index contributed by atoms with van der Waals surface area (Å²) in [6.45, 7) is -0.00794. The highest BCUT2D eigenvalue weighted by molar-refractivity contribution is 6.30. The first-order chi connectivity index (χ1) is 17.2. The number of ether oxygens (including phenoxy) is 1. The van der Waals surface area contributed by atoms with Gasteiger partial charge in [0.25, 0.3) is 5.56 Å². The standard InChI is InChI=1S/C23H17ClF6N4O3/c1-32-18-17(19(35)33(2)21(32)36)34(8-7-12-3-5-15(24)6-4-12)20(31-18)37-16-10-13(22(25,26)27)9-14(11-16)23(28,29)30/h3-6,9-11H,7-8H2,1-2H3. The molecule has 2 aromatic heterocycles. The molecule has 7 nitrogen and oxygen atoms in total. The SMILES string of the molecule is Cn1c(=O)c2c(nc(Oc3cc(C(F)(F)F)cc(C(F)(F)F)c3)n2CCc2ccc(Cl)cc2)n(C)c1=O. The lowest BCUT2D eigenvalue weighted by Gasteiger charge is -2.15. The van der Waals surface area contributed by atoms with Crippen molar-refractivity contribution in [3.63, 3.8) is 0 Å². The van der Waals surface area contributed by atoms with Gasteiger partial charge in [0.15, 0.2) is 11.2 Å². The Balaban J connectivity index is 1.88. The normalized spacial score (nSPS) is 12.4. The molecule has 37 heavy (non-hydrogen) atoms. The summed E-state index contributed by atoms with van der Waals surface area (Å²) in [5, 5.41) is 0.481. The van der Waals surface area contributed by atoms with Gasteiger partial charge in [-0.05, 0) is 42.3 Å². The number of hydrogen-bond acceptors (Lipinski definition) is 4. The molecule has 0 unspecified atom stereocenters. The van der Waals surface area contributed by atoms with Crippen molar-refractivity contribution in [3.8, 4) is 11.8 Å². The van der Waals surface area contributed by atoms with Crippen molar-refractivity contribution in [2.24, 2.45) is 14.1 Å². The maximum atomic E-state index is 13.3. The fourth-order valence-corrected chi connectivity index (χ4v) is 3.82. The number of aromatic nitrogens is 4. The Morgan fingerprint density at radius 1 is 0.892 bits per heavy atom. The van der Waals surface area contributed by atoms with Gasteiger partial charge < -0.3 is 4.74 Å². The average Bonchev–Trinajstić information content (AvgIpc) is 3.17. The summed E-state index contributed by atoms with van der Waals surface area (Å²) in [6, 6.07) is 6.97. The third-order valence-corrected chi connectivity index (χ3v) is 5.87. The van der Waals surface area contributed by atoms with Crippen LogP contribution < -0.4 is 16.0 Å². The number of halogens is 7. The lowest BCUT2D eigenvalue weighted by molar-refractivity contribution is -0.143. The molecule has 0 aliphatic carbocycles. The summed E-state index contributed by atoms with van der Waals surface area (Å²) in [4.78, 5) is 29.4. The number of nitrogens with zero attached hydrogens (tertiary/aromatic N) is 4. The minimum absolute atomic E-state index is 0.00794. The molecule has 0 N–H and O–H groups in total. The van der Waals surface area contributed by atoms with E-state index in [-0.39, 0.29) is 30.2 Å². The first-order valence-electron chi connectivity index (χ1n) is 10.5. The molecular weight excluding hydrogens is 530 g/mol. The summed E-state index contributed by atoms with van der Waals surface area (Å²) in [5.74, 6) is -0.799. The van der Waals surface area contributed by atoms with E-state index in [1.54, 1.807) is 24.3 Å². The monoisotopic (exact) mass is 546 g/mol. The lowest BCUT2D eigenvalue weighted by Crippen LogP contribution is -2.37. The van der Waals surface area contributed by atoms with Gasteiger partial charge in [-0.15, -0.1) is 0 Å². The molecule has 4 aromatic rings. The van der Waals surface area contributed by atoms with Crippen molar-refractivity contribution < 1.29 is 31.1 Å². The second-order valence-electron chi connectivity index (χ2n) is 8.14. The minimum Gasteiger partial charge on any atom is -0.425 e. The molecule has 2 heterocycles. The molecule has 0 aliphatic rings. The van der Waals surface area contributed by atoms with Crippen molar-refractivity contribution >= 4 is 22.8 Å². The minimum atomic E-state index is -5.09. The molecule has 0 fully saturated rings. The molecule has 14 heteroatoms. The van der Waals surface area contributed by atoms with Gasteiger partial charge in [-0.25, -0.2) is 4.79 Å². The molecule has 0 saturated carbocycles. The van der Waals surface area contributed by atoms with Gasteiger partial charge in [-0.1, -0.05) is 23.7 Å². The van der Waals surface area contributed by atoms with Crippen LogP contribution in [0.15, 0.2) is 52.1 Å². The summed E-state index contributed by atoms with van der Waals surface area (Å²) in [7, 11) is 2.54. The Labute approximate surface area is 209 Å². The number of aryl methyl sites for hydroxylation is 3. The molecule has 0 bridgehead atoms.